The topological polar surface area (TPSA) is 46.3 Å². The predicted octanol–water partition coefficient (Wildman–Crippen LogP) is 2.83. The molecule has 3 nitrogen and oxygen atoms in total. The summed E-state index contributed by atoms with van der Waals surface area (Å²) in [7, 11) is 0. The van der Waals surface area contributed by atoms with Gasteiger partial charge in [0.15, 0.2) is 0 Å². The molecule has 0 heterocycles. The molecule has 1 amide bonds. The van der Waals surface area contributed by atoms with Gasteiger partial charge in [-0.1, -0.05) is 54.6 Å². The number of primary amides is 1. The Morgan fingerprint density at radius 1 is 1.09 bits per heavy atom. The Morgan fingerprint density at radius 2 is 1.77 bits per heavy atom. The number of halogens is 1. The number of carbonyl (C=O) groups is 1. The molecule has 0 aliphatic rings. The Kier molecular flexibility index (Phi) is 5.86. The van der Waals surface area contributed by atoms with E-state index < -0.39 is 0 Å². The lowest BCUT2D eigenvalue weighted by atomic mass is 10.2. The molecule has 0 fully saturated rings. The zero-order valence-electron chi connectivity index (χ0n) is 12.3. The highest BCUT2D eigenvalue weighted by Crippen LogP contribution is 2.07. The third-order valence-electron chi connectivity index (χ3n) is 3.17. The summed E-state index contributed by atoms with van der Waals surface area (Å²) in [5, 5.41) is 0. The number of nitrogens with zero attached hydrogens (tertiary/aromatic N) is 1. The Labute approximate surface area is 129 Å². The summed E-state index contributed by atoms with van der Waals surface area (Å²) in [4.78, 5) is 13.1. The van der Waals surface area contributed by atoms with Crippen LogP contribution in [0.15, 0.2) is 60.7 Å². The fraction of sp³-hybridized carbons (Fsp3) is 0.167. The summed E-state index contributed by atoms with van der Waals surface area (Å²) in [6.45, 7) is 1.44. The van der Waals surface area contributed by atoms with Crippen LogP contribution in [0.1, 0.15) is 11.1 Å². The maximum Gasteiger partial charge on any atom is 0.231 e. The van der Waals surface area contributed by atoms with Crippen LogP contribution in [-0.4, -0.2) is 23.9 Å². The summed E-state index contributed by atoms with van der Waals surface area (Å²) >= 11 is 0. The molecular formula is C18H19FN2O. The molecule has 0 saturated heterocycles. The van der Waals surface area contributed by atoms with Crippen LogP contribution in [0.3, 0.4) is 0 Å². The molecular weight excluding hydrogens is 279 g/mol. The zero-order chi connectivity index (χ0) is 15.8. The second-order valence-corrected chi connectivity index (χ2v) is 5.08. The molecule has 22 heavy (non-hydrogen) atoms. The number of carbonyl (C=O) groups excluding carboxylic acids is 1. The highest BCUT2D eigenvalue weighted by Gasteiger charge is 2.07. The van der Waals surface area contributed by atoms with Gasteiger partial charge in [0.05, 0.1) is 6.54 Å². The number of rotatable bonds is 7. The fourth-order valence-corrected chi connectivity index (χ4v) is 2.16. The number of hydrogen-bond acceptors (Lipinski definition) is 2. The lowest BCUT2D eigenvalue weighted by Crippen LogP contribution is -2.33. The molecule has 4 heteroatoms. The van der Waals surface area contributed by atoms with Gasteiger partial charge < -0.3 is 5.73 Å². The van der Waals surface area contributed by atoms with Gasteiger partial charge in [-0.3, -0.25) is 9.69 Å². The second-order valence-electron chi connectivity index (χ2n) is 5.08. The Hall–Kier alpha value is -2.46. The van der Waals surface area contributed by atoms with E-state index in [-0.39, 0.29) is 18.3 Å². The predicted molar refractivity (Wildman–Crippen MR) is 86.3 cm³/mol. The SMILES string of the molecule is NC(=O)CN(C/C=C/c1ccc(F)cc1)Cc1ccccc1. The van der Waals surface area contributed by atoms with Crippen LogP contribution in [0.25, 0.3) is 6.08 Å². The van der Waals surface area contributed by atoms with Crippen LogP contribution >= 0.6 is 0 Å². The molecule has 0 saturated carbocycles. The van der Waals surface area contributed by atoms with Gasteiger partial charge >= 0.3 is 0 Å². The van der Waals surface area contributed by atoms with Crippen LogP contribution in [0.5, 0.6) is 0 Å². The minimum Gasteiger partial charge on any atom is -0.369 e. The van der Waals surface area contributed by atoms with Gasteiger partial charge in [0.1, 0.15) is 5.82 Å². The summed E-state index contributed by atoms with van der Waals surface area (Å²) < 4.78 is 12.8. The van der Waals surface area contributed by atoms with E-state index in [0.717, 1.165) is 11.1 Å². The average molecular weight is 298 g/mol. The van der Waals surface area contributed by atoms with E-state index in [9.17, 15) is 9.18 Å². The molecule has 2 N–H and O–H groups in total. The number of benzene rings is 2. The van der Waals surface area contributed by atoms with Crippen molar-refractivity contribution in [2.24, 2.45) is 5.73 Å². The van der Waals surface area contributed by atoms with Crippen LogP contribution < -0.4 is 5.73 Å². The quantitative estimate of drug-likeness (QED) is 0.854. The van der Waals surface area contributed by atoms with Gasteiger partial charge in [0.2, 0.25) is 5.91 Å². The van der Waals surface area contributed by atoms with Gasteiger partial charge in [-0.25, -0.2) is 4.39 Å². The minimum atomic E-state index is -0.355. The van der Waals surface area contributed by atoms with Crippen molar-refractivity contribution in [2.45, 2.75) is 6.54 Å². The first-order valence-electron chi connectivity index (χ1n) is 7.10. The monoisotopic (exact) mass is 298 g/mol. The van der Waals surface area contributed by atoms with E-state index in [1.165, 1.54) is 12.1 Å². The third-order valence-corrected chi connectivity index (χ3v) is 3.17. The van der Waals surface area contributed by atoms with Crippen molar-refractivity contribution in [3.05, 3.63) is 77.6 Å². The first kappa shape index (κ1) is 15.9. The maximum absolute atomic E-state index is 12.8. The van der Waals surface area contributed by atoms with Gasteiger partial charge in [-0.2, -0.15) is 0 Å². The van der Waals surface area contributed by atoms with E-state index >= 15 is 0 Å². The molecule has 0 aliphatic carbocycles. The van der Waals surface area contributed by atoms with Gasteiger partial charge in [-0.15, -0.1) is 0 Å². The third kappa shape index (κ3) is 5.50. The van der Waals surface area contributed by atoms with Crippen LogP contribution in [-0.2, 0) is 11.3 Å². The van der Waals surface area contributed by atoms with Crippen LogP contribution in [0, 0.1) is 5.82 Å². The van der Waals surface area contributed by atoms with E-state index in [4.69, 9.17) is 5.73 Å². The number of hydrogen-bond donors (Lipinski definition) is 1. The molecule has 0 unspecified atom stereocenters. The number of nitrogens with two attached hydrogens (primary N) is 1. The summed E-state index contributed by atoms with van der Waals surface area (Å²) in [6, 6.07) is 16.2. The van der Waals surface area contributed by atoms with Crippen molar-refractivity contribution in [3.63, 3.8) is 0 Å². The van der Waals surface area contributed by atoms with Gasteiger partial charge in [0, 0.05) is 13.1 Å². The standard InChI is InChI=1S/C18H19FN2O/c19-17-10-8-15(9-11-17)7-4-12-21(14-18(20)22)13-16-5-2-1-3-6-16/h1-11H,12-14H2,(H2,20,22)/b7-4+. The van der Waals surface area contributed by atoms with Crippen molar-refractivity contribution in [2.75, 3.05) is 13.1 Å². The molecule has 0 atom stereocenters. The average Bonchev–Trinajstić information content (AvgIpc) is 2.49. The summed E-state index contributed by atoms with van der Waals surface area (Å²) in [5.41, 5.74) is 7.34. The lowest BCUT2D eigenvalue weighted by Gasteiger charge is -2.18. The number of amides is 1. The molecule has 2 aromatic rings. The Balaban J connectivity index is 1.97. The van der Waals surface area contributed by atoms with Crippen molar-refractivity contribution in [1.29, 1.82) is 0 Å². The van der Waals surface area contributed by atoms with Gasteiger partial charge in [-0.05, 0) is 23.3 Å². The highest BCUT2D eigenvalue weighted by molar-refractivity contribution is 5.76. The van der Waals surface area contributed by atoms with Gasteiger partial charge in [0.25, 0.3) is 0 Å². The van der Waals surface area contributed by atoms with Crippen LogP contribution in [0.2, 0.25) is 0 Å². The van der Waals surface area contributed by atoms with Crippen molar-refractivity contribution >= 4 is 12.0 Å². The normalized spacial score (nSPS) is 11.2. The van der Waals surface area contributed by atoms with Crippen molar-refractivity contribution in [3.8, 4) is 0 Å². The maximum atomic E-state index is 12.8. The molecule has 0 spiro atoms. The lowest BCUT2D eigenvalue weighted by molar-refractivity contribution is -0.119. The van der Waals surface area contributed by atoms with E-state index in [2.05, 4.69) is 0 Å². The van der Waals surface area contributed by atoms with Crippen LogP contribution in [0.4, 0.5) is 4.39 Å². The molecule has 2 rings (SSSR count). The molecule has 0 bridgehead atoms. The first-order valence-corrected chi connectivity index (χ1v) is 7.10. The smallest absolute Gasteiger partial charge is 0.231 e. The minimum absolute atomic E-state index is 0.197. The highest BCUT2D eigenvalue weighted by atomic mass is 19.1. The molecule has 0 radical (unpaired) electrons. The largest absolute Gasteiger partial charge is 0.369 e. The zero-order valence-corrected chi connectivity index (χ0v) is 12.3. The Morgan fingerprint density at radius 3 is 2.41 bits per heavy atom. The fourth-order valence-electron chi connectivity index (χ4n) is 2.16. The summed E-state index contributed by atoms with van der Waals surface area (Å²) in [6.07, 6.45) is 3.84. The van der Waals surface area contributed by atoms with E-state index in [1.54, 1.807) is 12.1 Å². The second kappa shape index (κ2) is 8.10. The van der Waals surface area contributed by atoms with E-state index in [1.807, 2.05) is 47.4 Å². The first-order chi connectivity index (χ1) is 10.6. The Bertz CT molecular complexity index is 623. The van der Waals surface area contributed by atoms with Crippen molar-refractivity contribution < 1.29 is 9.18 Å². The molecule has 0 aliphatic heterocycles. The van der Waals surface area contributed by atoms with E-state index in [0.29, 0.717) is 13.1 Å². The summed E-state index contributed by atoms with van der Waals surface area (Å²) in [5.74, 6) is -0.609. The van der Waals surface area contributed by atoms with Crippen molar-refractivity contribution in [1.82, 2.24) is 4.90 Å². The molecule has 2 aromatic carbocycles. The molecule has 114 valence electrons. The molecule has 0 aromatic heterocycles.